The van der Waals surface area contributed by atoms with Crippen LogP contribution in [0.2, 0.25) is 0 Å². The third kappa shape index (κ3) is 8.71. The number of rotatable bonds is 18. The van der Waals surface area contributed by atoms with Gasteiger partial charge in [0.05, 0.1) is 5.69 Å². The summed E-state index contributed by atoms with van der Waals surface area (Å²) < 4.78 is 27.4. The van der Waals surface area contributed by atoms with Gasteiger partial charge in [-0.2, -0.15) is 4.31 Å². The van der Waals surface area contributed by atoms with E-state index in [1.54, 1.807) is 43.9 Å². The minimum atomic E-state index is -3.80. The first kappa shape index (κ1) is 31.1. The Hall–Kier alpha value is -2.12. The number of nitrogens with zero attached hydrogens (tertiary/aromatic N) is 2. The molecule has 0 spiro atoms. The SMILES string of the molecule is CCCCCCCCCCCCCCN(C(C)=O)c1cccc2c(O)c(S(=O)(=O)N(CC)CC)ccc12. The van der Waals surface area contributed by atoms with E-state index in [1.807, 2.05) is 6.07 Å². The molecule has 208 valence electrons. The third-order valence-corrected chi connectivity index (χ3v) is 9.28. The van der Waals surface area contributed by atoms with Crippen LogP contribution >= 0.6 is 0 Å². The summed E-state index contributed by atoms with van der Waals surface area (Å²) >= 11 is 0. The van der Waals surface area contributed by atoms with Crippen molar-refractivity contribution in [3.05, 3.63) is 30.3 Å². The van der Waals surface area contributed by atoms with E-state index in [1.165, 1.54) is 74.6 Å². The lowest BCUT2D eigenvalue weighted by Gasteiger charge is -2.24. The van der Waals surface area contributed by atoms with E-state index >= 15 is 0 Å². The van der Waals surface area contributed by atoms with Crippen molar-refractivity contribution in [3.8, 4) is 5.75 Å². The first-order valence-corrected chi connectivity index (χ1v) is 15.8. The second kappa shape index (κ2) is 16.0. The van der Waals surface area contributed by atoms with E-state index in [0.29, 0.717) is 36.1 Å². The maximum atomic E-state index is 13.0. The van der Waals surface area contributed by atoms with Gasteiger partial charge in [-0.15, -0.1) is 0 Å². The van der Waals surface area contributed by atoms with Crippen molar-refractivity contribution < 1.29 is 18.3 Å². The van der Waals surface area contributed by atoms with Crippen LogP contribution in [-0.2, 0) is 14.8 Å². The monoisotopic (exact) mass is 532 g/mol. The average Bonchev–Trinajstić information content (AvgIpc) is 2.87. The molecule has 0 radical (unpaired) electrons. The fraction of sp³-hybridized carbons (Fsp3) is 0.633. The zero-order valence-electron chi connectivity index (χ0n) is 23.5. The highest BCUT2D eigenvalue weighted by molar-refractivity contribution is 7.89. The third-order valence-electron chi connectivity index (χ3n) is 7.20. The van der Waals surface area contributed by atoms with Gasteiger partial charge in [0.2, 0.25) is 15.9 Å². The molecule has 2 rings (SSSR count). The molecule has 2 aromatic carbocycles. The summed E-state index contributed by atoms with van der Waals surface area (Å²) in [5, 5.41) is 12.1. The molecular formula is C30H48N2O4S. The lowest BCUT2D eigenvalue weighted by molar-refractivity contribution is -0.116. The summed E-state index contributed by atoms with van der Waals surface area (Å²) in [5.41, 5.74) is 0.704. The molecule has 0 aromatic heterocycles. The molecule has 1 N–H and O–H groups in total. The van der Waals surface area contributed by atoms with E-state index in [-0.39, 0.29) is 16.6 Å². The van der Waals surface area contributed by atoms with Gasteiger partial charge in [-0.1, -0.05) is 110 Å². The van der Waals surface area contributed by atoms with E-state index < -0.39 is 10.0 Å². The van der Waals surface area contributed by atoms with Crippen molar-refractivity contribution in [2.45, 2.75) is 110 Å². The number of carbonyl (C=O) groups is 1. The molecule has 0 heterocycles. The summed E-state index contributed by atoms with van der Waals surface area (Å²) in [6, 6.07) is 8.50. The van der Waals surface area contributed by atoms with Gasteiger partial charge in [0.1, 0.15) is 10.6 Å². The number of phenols is 1. The normalized spacial score (nSPS) is 11.9. The highest BCUT2D eigenvalue weighted by Gasteiger charge is 2.27. The van der Waals surface area contributed by atoms with Crippen LogP contribution in [0.15, 0.2) is 35.2 Å². The van der Waals surface area contributed by atoms with Gasteiger partial charge >= 0.3 is 0 Å². The number of phenolic OH excluding ortho intramolecular Hbond substituents is 1. The summed E-state index contributed by atoms with van der Waals surface area (Å²) in [7, 11) is -3.80. The Morgan fingerprint density at radius 1 is 0.757 bits per heavy atom. The van der Waals surface area contributed by atoms with Crippen LogP contribution in [0.5, 0.6) is 5.75 Å². The van der Waals surface area contributed by atoms with Gasteiger partial charge in [0, 0.05) is 37.3 Å². The van der Waals surface area contributed by atoms with E-state index in [4.69, 9.17) is 0 Å². The maximum Gasteiger partial charge on any atom is 0.246 e. The highest BCUT2D eigenvalue weighted by atomic mass is 32.2. The minimum absolute atomic E-state index is 0.0603. The Bertz CT molecular complexity index is 1080. The largest absolute Gasteiger partial charge is 0.506 e. The Morgan fingerprint density at radius 2 is 1.30 bits per heavy atom. The molecule has 0 aliphatic rings. The summed E-state index contributed by atoms with van der Waals surface area (Å²) in [4.78, 5) is 14.2. The lowest BCUT2D eigenvalue weighted by atomic mass is 10.0. The molecule has 2 aromatic rings. The van der Waals surface area contributed by atoms with Crippen molar-refractivity contribution in [2.24, 2.45) is 0 Å². The highest BCUT2D eigenvalue weighted by Crippen LogP contribution is 2.38. The average molecular weight is 533 g/mol. The number of hydrogen-bond donors (Lipinski definition) is 1. The molecule has 0 aliphatic heterocycles. The first-order chi connectivity index (χ1) is 17.8. The second-order valence-electron chi connectivity index (χ2n) is 9.93. The summed E-state index contributed by atoms with van der Waals surface area (Å²) in [6.07, 6.45) is 15.1. The topological polar surface area (TPSA) is 77.9 Å². The minimum Gasteiger partial charge on any atom is -0.506 e. The van der Waals surface area contributed by atoms with Crippen LogP contribution in [0.4, 0.5) is 5.69 Å². The number of amides is 1. The van der Waals surface area contributed by atoms with Crippen LogP contribution in [0.3, 0.4) is 0 Å². The zero-order chi connectivity index (χ0) is 27.3. The number of hydrogen-bond acceptors (Lipinski definition) is 4. The first-order valence-electron chi connectivity index (χ1n) is 14.3. The van der Waals surface area contributed by atoms with E-state index in [0.717, 1.165) is 12.8 Å². The Morgan fingerprint density at radius 3 is 1.81 bits per heavy atom. The molecule has 0 saturated heterocycles. The molecule has 0 saturated carbocycles. The Kier molecular flexibility index (Phi) is 13.4. The molecule has 1 amide bonds. The summed E-state index contributed by atoms with van der Waals surface area (Å²) in [5.74, 6) is -0.324. The second-order valence-corrected chi connectivity index (χ2v) is 11.8. The van der Waals surface area contributed by atoms with Crippen LogP contribution in [0, 0.1) is 0 Å². The van der Waals surface area contributed by atoms with E-state index in [2.05, 4.69) is 6.92 Å². The van der Waals surface area contributed by atoms with Gasteiger partial charge in [0.15, 0.2) is 0 Å². The van der Waals surface area contributed by atoms with Crippen LogP contribution in [0.1, 0.15) is 105 Å². The molecule has 6 nitrogen and oxygen atoms in total. The van der Waals surface area contributed by atoms with Crippen LogP contribution in [0.25, 0.3) is 10.8 Å². The fourth-order valence-electron chi connectivity index (χ4n) is 5.01. The molecule has 0 unspecified atom stereocenters. The summed E-state index contributed by atoms with van der Waals surface area (Å²) in [6.45, 7) is 8.61. The van der Waals surface area contributed by atoms with E-state index in [9.17, 15) is 18.3 Å². The predicted molar refractivity (Wildman–Crippen MR) is 155 cm³/mol. The number of fused-ring (bicyclic) bond motifs is 1. The van der Waals surface area contributed by atoms with Crippen molar-refractivity contribution in [1.29, 1.82) is 0 Å². The molecule has 0 aliphatic carbocycles. The number of benzene rings is 2. The van der Waals surface area contributed by atoms with Crippen molar-refractivity contribution >= 4 is 32.4 Å². The number of unbranched alkanes of at least 4 members (excludes halogenated alkanes) is 11. The molecule has 37 heavy (non-hydrogen) atoms. The number of anilines is 1. The van der Waals surface area contributed by atoms with Gasteiger partial charge in [-0.3, -0.25) is 4.79 Å². The van der Waals surface area contributed by atoms with Gasteiger partial charge in [-0.05, 0) is 18.6 Å². The number of carbonyl (C=O) groups excluding carboxylic acids is 1. The van der Waals surface area contributed by atoms with Crippen molar-refractivity contribution in [2.75, 3.05) is 24.5 Å². The molecule has 0 fully saturated rings. The smallest absolute Gasteiger partial charge is 0.246 e. The van der Waals surface area contributed by atoms with Gasteiger partial charge in [-0.25, -0.2) is 8.42 Å². The van der Waals surface area contributed by atoms with Crippen LogP contribution in [-0.4, -0.2) is 43.4 Å². The lowest BCUT2D eigenvalue weighted by Crippen LogP contribution is -2.31. The number of sulfonamides is 1. The van der Waals surface area contributed by atoms with Gasteiger partial charge in [0.25, 0.3) is 0 Å². The number of aromatic hydroxyl groups is 1. The zero-order valence-corrected chi connectivity index (χ0v) is 24.3. The molecule has 0 bridgehead atoms. The standard InChI is InChI=1S/C30H48N2O4S/c1-5-8-9-10-11-12-13-14-15-16-17-18-24-32(25(4)33)28-21-19-20-27-26(28)22-23-29(30(27)34)37(35,36)31(6-2)7-3/h19-23,34H,5-18,24H2,1-4H3. The van der Waals surface area contributed by atoms with Crippen molar-refractivity contribution in [3.63, 3.8) is 0 Å². The Balaban J connectivity index is 2.00. The van der Waals surface area contributed by atoms with Gasteiger partial charge < -0.3 is 10.0 Å². The van der Waals surface area contributed by atoms with Crippen molar-refractivity contribution in [1.82, 2.24) is 4.31 Å². The molecule has 0 atom stereocenters. The Labute approximate surface area is 225 Å². The quantitative estimate of drug-likeness (QED) is 0.200. The molecule has 7 heteroatoms. The molecular weight excluding hydrogens is 484 g/mol. The predicted octanol–water partition coefficient (Wildman–Crippen LogP) is 7.63. The maximum absolute atomic E-state index is 13.0. The van der Waals surface area contributed by atoms with Crippen LogP contribution < -0.4 is 4.90 Å². The fourth-order valence-corrected chi connectivity index (χ4v) is 6.56.